The Hall–Kier alpha value is -1.55. The predicted molar refractivity (Wildman–Crippen MR) is 86.7 cm³/mol. The van der Waals surface area contributed by atoms with Crippen LogP contribution in [0.4, 0.5) is 0 Å². The van der Waals surface area contributed by atoms with E-state index in [9.17, 15) is 4.79 Å². The summed E-state index contributed by atoms with van der Waals surface area (Å²) in [5.74, 6) is 2.05. The lowest BCUT2D eigenvalue weighted by atomic mass is 9.98. The molecule has 1 saturated heterocycles. The first-order chi connectivity index (χ1) is 10.7. The molecule has 2 fully saturated rings. The molecule has 1 aliphatic heterocycles. The van der Waals surface area contributed by atoms with Crippen molar-refractivity contribution in [3.63, 3.8) is 0 Å². The maximum atomic E-state index is 11.5. The molecule has 1 saturated carbocycles. The Morgan fingerprint density at radius 1 is 1.23 bits per heavy atom. The van der Waals surface area contributed by atoms with Crippen molar-refractivity contribution < 1.29 is 9.53 Å². The number of likely N-dealkylation sites (tertiary alicyclic amines) is 1. The van der Waals surface area contributed by atoms with Gasteiger partial charge in [-0.2, -0.15) is 0 Å². The SMILES string of the molecule is CNC(=O)C1CN(Cc2ccc(OCC3CCCC3)cc2)C1. The fourth-order valence-corrected chi connectivity index (χ4v) is 3.41. The van der Waals surface area contributed by atoms with E-state index in [1.807, 2.05) is 0 Å². The van der Waals surface area contributed by atoms with Crippen molar-refractivity contribution in [1.29, 1.82) is 0 Å². The molecule has 0 atom stereocenters. The largest absolute Gasteiger partial charge is 0.493 e. The van der Waals surface area contributed by atoms with Crippen LogP contribution < -0.4 is 10.1 Å². The molecular weight excluding hydrogens is 276 g/mol. The van der Waals surface area contributed by atoms with Crippen molar-refractivity contribution in [2.24, 2.45) is 11.8 Å². The standard InChI is InChI=1S/C18H26N2O2/c1-19-18(21)16-11-20(12-16)10-14-6-8-17(9-7-14)22-13-15-4-2-3-5-15/h6-9,15-16H,2-5,10-13H2,1H3,(H,19,21). The third-order valence-corrected chi connectivity index (χ3v) is 4.86. The first-order valence-electron chi connectivity index (χ1n) is 8.40. The molecule has 4 nitrogen and oxygen atoms in total. The topological polar surface area (TPSA) is 41.6 Å². The summed E-state index contributed by atoms with van der Waals surface area (Å²) >= 11 is 0. The van der Waals surface area contributed by atoms with E-state index in [1.54, 1.807) is 7.05 Å². The summed E-state index contributed by atoms with van der Waals surface area (Å²) in [5.41, 5.74) is 1.28. The van der Waals surface area contributed by atoms with Crippen LogP contribution in [0.3, 0.4) is 0 Å². The first kappa shape index (κ1) is 15.3. The second kappa shape index (κ2) is 7.14. The second-order valence-electron chi connectivity index (χ2n) is 6.61. The molecule has 4 heteroatoms. The van der Waals surface area contributed by atoms with Crippen LogP contribution in [-0.2, 0) is 11.3 Å². The minimum Gasteiger partial charge on any atom is -0.493 e. The van der Waals surface area contributed by atoms with E-state index in [-0.39, 0.29) is 11.8 Å². The van der Waals surface area contributed by atoms with E-state index in [0.717, 1.165) is 37.9 Å². The molecular formula is C18H26N2O2. The minimum atomic E-state index is 0.159. The highest BCUT2D eigenvalue weighted by molar-refractivity contribution is 5.79. The van der Waals surface area contributed by atoms with Gasteiger partial charge in [0.25, 0.3) is 0 Å². The van der Waals surface area contributed by atoms with Gasteiger partial charge in [0.2, 0.25) is 5.91 Å². The van der Waals surface area contributed by atoms with Gasteiger partial charge in [-0.05, 0) is 36.5 Å². The normalized spacial score (nSPS) is 19.9. The van der Waals surface area contributed by atoms with Crippen LogP contribution in [0.25, 0.3) is 0 Å². The molecule has 0 radical (unpaired) electrons. The van der Waals surface area contributed by atoms with E-state index in [1.165, 1.54) is 31.2 Å². The Morgan fingerprint density at radius 3 is 2.55 bits per heavy atom. The van der Waals surface area contributed by atoms with Gasteiger partial charge in [-0.15, -0.1) is 0 Å². The number of ether oxygens (including phenoxy) is 1. The maximum absolute atomic E-state index is 11.5. The van der Waals surface area contributed by atoms with Crippen molar-refractivity contribution in [3.8, 4) is 5.75 Å². The molecule has 1 aromatic carbocycles. The fourth-order valence-electron chi connectivity index (χ4n) is 3.41. The quantitative estimate of drug-likeness (QED) is 0.877. The smallest absolute Gasteiger partial charge is 0.225 e. The average Bonchev–Trinajstić information content (AvgIpc) is 3.02. The van der Waals surface area contributed by atoms with Gasteiger partial charge in [0.15, 0.2) is 0 Å². The number of amides is 1. The molecule has 0 spiro atoms. The van der Waals surface area contributed by atoms with Crippen LogP contribution in [0.1, 0.15) is 31.2 Å². The number of nitrogens with one attached hydrogen (secondary N) is 1. The van der Waals surface area contributed by atoms with Crippen molar-refractivity contribution in [2.45, 2.75) is 32.2 Å². The Kier molecular flexibility index (Phi) is 4.98. The Morgan fingerprint density at radius 2 is 1.91 bits per heavy atom. The zero-order valence-electron chi connectivity index (χ0n) is 13.4. The Bertz CT molecular complexity index is 488. The third kappa shape index (κ3) is 3.80. The Labute approximate surface area is 132 Å². The van der Waals surface area contributed by atoms with Crippen LogP contribution >= 0.6 is 0 Å². The monoisotopic (exact) mass is 302 g/mol. The number of hydrogen-bond acceptors (Lipinski definition) is 3. The second-order valence-corrected chi connectivity index (χ2v) is 6.61. The van der Waals surface area contributed by atoms with E-state index < -0.39 is 0 Å². The Balaban J connectivity index is 1.41. The number of carbonyl (C=O) groups excluding carboxylic acids is 1. The molecule has 3 rings (SSSR count). The summed E-state index contributed by atoms with van der Waals surface area (Å²) in [6, 6.07) is 8.41. The lowest BCUT2D eigenvalue weighted by molar-refractivity contribution is -0.129. The fraction of sp³-hybridized carbons (Fsp3) is 0.611. The lowest BCUT2D eigenvalue weighted by Crippen LogP contribution is -2.52. The highest BCUT2D eigenvalue weighted by atomic mass is 16.5. The predicted octanol–water partition coefficient (Wildman–Crippen LogP) is 2.43. The highest BCUT2D eigenvalue weighted by Gasteiger charge is 2.31. The number of hydrogen-bond donors (Lipinski definition) is 1. The van der Waals surface area contributed by atoms with Gasteiger partial charge >= 0.3 is 0 Å². The van der Waals surface area contributed by atoms with Crippen LogP contribution in [0.5, 0.6) is 5.75 Å². The van der Waals surface area contributed by atoms with Crippen LogP contribution in [0, 0.1) is 11.8 Å². The van der Waals surface area contributed by atoms with E-state index >= 15 is 0 Å². The van der Waals surface area contributed by atoms with Gasteiger partial charge in [0.1, 0.15) is 5.75 Å². The van der Waals surface area contributed by atoms with Crippen LogP contribution in [0.2, 0.25) is 0 Å². The average molecular weight is 302 g/mol. The third-order valence-electron chi connectivity index (χ3n) is 4.86. The van der Waals surface area contributed by atoms with Crippen LogP contribution in [0.15, 0.2) is 24.3 Å². The summed E-state index contributed by atoms with van der Waals surface area (Å²) < 4.78 is 5.89. The van der Waals surface area contributed by atoms with Gasteiger partial charge in [-0.3, -0.25) is 9.69 Å². The number of benzene rings is 1. The molecule has 0 unspecified atom stereocenters. The molecule has 1 amide bonds. The zero-order chi connectivity index (χ0) is 15.4. The van der Waals surface area contributed by atoms with Crippen molar-refractivity contribution in [2.75, 3.05) is 26.7 Å². The molecule has 0 bridgehead atoms. The summed E-state index contributed by atoms with van der Waals surface area (Å²) in [6.45, 7) is 3.49. The first-order valence-corrected chi connectivity index (χ1v) is 8.40. The summed E-state index contributed by atoms with van der Waals surface area (Å²) in [7, 11) is 1.70. The molecule has 1 aromatic rings. The highest BCUT2D eigenvalue weighted by Crippen LogP contribution is 2.26. The van der Waals surface area contributed by atoms with Gasteiger partial charge in [-0.1, -0.05) is 25.0 Å². The van der Waals surface area contributed by atoms with E-state index in [2.05, 4.69) is 34.5 Å². The molecule has 120 valence electrons. The van der Waals surface area contributed by atoms with Crippen molar-refractivity contribution in [1.82, 2.24) is 10.2 Å². The van der Waals surface area contributed by atoms with Gasteiger partial charge < -0.3 is 10.1 Å². The minimum absolute atomic E-state index is 0.159. The molecule has 2 aliphatic rings. The summed E-state index contributed by atoms with van der Waals surface area (Å²) in [5, 5.41) is 2.71. The summed E-state index contributed by atoms with van der Waals surface area (Å²) in [4.78, 5) is 13.8. The molecule has 1 heterocycles. The van der Waals surface area contributed by atoms with Gasteiger partial charge in [0.05, 0.1) is 12.5 Å². The maximum Gasteiger partial charge on any atom is 0.225 e. The van der Waals surface area contributed by atoms with Gasteiger partial charge in [-0.25, -0.2) is 0 Å². The van der Waals surface area contributed by atoms with Crippen molar-refractivity contribution >= 4 is 5.91 Å². The van der Waals surface area contributed by atoms with E-state index in [0.29, 0.717) is 0 Å². The van der Waals surface area contributed by atoms with E-state index in [4.69, 9.17) is 4.74 Å². The number of rotatable bonds is 6. The molecule has 0 aromatic heterocycles. The van der Waals surface area contributed by atoms with Crippen molar-refractivity contribution in [3.05, 3.63) is 29.8 Å². The number of nitrogens with zero attached hydrogens (tertiary/aromatic N) is 1. The molecule has 22 heavy (non-hydrogen) atoms. The molecule has 1 aliphatic carbocycles. The van der Waals surface area contributed by atoms with Crippen LogP contribution in [-0.4, -0.2) is 37.6 Å². The zero-order valence-corrected chi connectivity index (χ0v) is 13.4. The number of carbonyl (C=O) groups is 1. The lowest BCUT2D eigenvalue weighted by Gasteiger charge is -2.38. The summed E-state index contributed by atoms with van der Waals surface area (Å²) in [6.07, 6.45) is 5.36. The molecule has 1 N–H and O–H groups in total. The van der Waals surface area contributed by atoms with Gasteiger partial charge in [0, 0.05) is 26.7 Å².